The van der Waals surface area contributed by atoms with Crippen molar-refractivity contribution in [1.29, 1.82) is 0 Å². The molecule has 3 aromatic heterocycles. The first-order valence-electron chi connectivity index (χ1n) is 24.3. The SMILES string of the molecule is O=C(O)c1ccc(Sc2ccc3c(c2)-c2nc-3nc3[nH]c(nc4nc(nc5[nH]c(n2)c2ccc(Sc6ccc(C(=O)O)cc6)cc52)-c2ccc(Sc5ccc(C(=O)O)cc5)cc2-4)c2ccc(Sc4ccc(C(=O)O)cc4)cc32)cc1. The summed E-state index contributed by atoms with van der Waals surface area (Å²) in [4.78, 5) is 91.7. The molecule has 6 N–H and O–H groups in total. The van der Waals surface area contributed by atoms with Gasteiger partial charge in [-0.25, -0.2) is 49.1 Å². The third-order valence-electron chi connectivity index (χ3n) is 13.1. The second-order valence-corrected chi connectivity index (χ2v) is 22.8. The molecule has 0 fully saturated rings. The van der Waals surface area contributed by atoms with Crippen molar-refractivity contribution < 1.29 is 39.6 Å². The summed E-state index contributed by atoms with van der Waals surface area (Å²) >= 11 is 5.84. The van der Waals surface area contributed by atoms with Crippen LogP contribution in [0.5, 0.6) is 0 Å². The van der Waals surface area contributed by atoms with E-state index in [1.807, 2.05) is 72.8 Å². The Hall–Kier alpha value is -9.60. The Morgan fingerprint density at radius 1 is 0.275 bits per heavy atom. The molecule has 8 aromatic carbocycles. The average molecular weight is 1120 g/mol. The number of H-pyrrole nitrogens is 2. The molecule has 8 bridgehead atoms. The highest BCUT2D eigenvalue weighted by Gasteiger charge is 2.24. The maximum absolute atomic E-state index is 11.7. The molecule has 2 aliphatic heterocycles. The van der Waals surface area contributed by atoms with E-state index in [9.17, 15) is 39.6 Å². The fraction of sp³-hybridized carbons (Fsp3) is 0. The Balaban J connectivity index is 1.03. The van der Waals surface area contributed by atoms with Crippen LogP contribution in [0.3, 0.4) is 0 Å². The lowest BCUT2D eigenvalue weighted by Crippen LogP contribution is -1.94. The number of aromatic amines is 2. The van der Waals surface area contributed by atoms with Gasteiger partial charge in [-0.1, -0.05) is 47.0 Å². The molecule has 0 spiro atoms. The standard InChI is InChI=1S/C60H34N8O8S4/c69-57(70)29-1-9-33(10-2-29)77-37-17-21-41-45(25-37)53-61-49(41)66-54-47-27-39(79-35-13-5-31(6-14-35)59(73)74)19-23-43(47)51(63-54)68-56-48-28-40(80-36-15-7-32(8-16-36)60(75)76)20-24-44(48)52(64-56)67-55-46-26-38(18-22-42(46)50(62-55)65-53)78-34-11-3-30(4-12-34)58(71)72/h1-28H,(H,69,70)(H,71,72)(H,73,74)(H,75,76)(H2,61,62,63,64,65,66,67,68). The molecule has 0 saturated carbocycles. The van der Waals surface area contributed by atoms with Crippen LogP contribution in [0.25, 0.3) is 89.7 Å². The number of nitrogens with zero attached hydrogens (tertiary/aromatic N) is 6. The summed E-state index contributed by atoms with van der Waals surface area (Å²) in [5.41, 5.74) is 5.34. The third-order valence-corrected chi connectivity index (χ3v) is 17.1. The van der Waals surface area contributed by atoms with Crippen LogP contribution < -0.4 is 0 Å². The zero-order valence-corrected chi connectivity index (χ0v) is 44.2. The molecule has 0 amide bonds. The van der Waals surface area contributed by atoms with E-state index in [4.69, 9.17) is 29.9 Å². The van der Waals surface area contributed by atoms with Crippen molar-refractivity contribution in [2.24, 2.45) is 0 Å². The number of aromatic carboxylic acids is 4. The van der Waals surface area contributed by atoms with Gasteiger partial charge in [0.05, 0.1) is 22.3 Å². The molecule has 20 heteroatoms. The highest BCUT2D eigenvalue weighted by atomic mass is 32.2. The Labute approximate surface area is 468 Å². The smallest absolute Gasteiger partial charge is 0.335 e. The number of rotatable bonds is 12. The first-order valence-corrected chi connectivity index (χ1v) is 27.5. The van der Waals surface area contributed by atoms with Gasteiger partial charge >= 0.3 is 23.9 Å². The van der Waals surface area contributed by atoms with E-state index in [1.165, 1.54) is 47.0 Å². The molecule has 5 heterocycles. The molecule has 0 unspecified atom stereocenters. The summed E-state index contributed by atoms with van der Waals surface area (Å²) in [6, 6.07) is 50.3. The number of carbonyl (C=O) groups is 4. The molecular formula is C60H34N8O8S4. The number of hydrogen-bond acceptors (Lipinski definition) is 14. The molecule has 0 radical (unpaired) electrons. The zero-order valence-electron chi connectivity index (χ0n) is 40.9. The molecule has 0 aliphatic carbocycles. The number of carboxylic acids is 4. The lowest BCUT2D eigenvalue weighted by atomic mass is 10.1. The first kappa shape index (κ1) is 49.9. The largest absolute Gasteiger partial charge is 0.478 e. The second kappa shape index (κ2) is 20.3. The Bertz CT molecular complexity index is 4320. The minimum absolute atomic E-state index is 0.181. The van der Waals surface area contributed by atoms with Gasteiger partial charge in [0.15, 0.2) is 23.3 Å². The Morgan fingerprint density at radius 3 is 0.825 bits per heavy atom. The van der Waals surface area contributed by atoms with E-state index in [2.05, 4.69) is 9.97 Å². The van der Waals surface area contributed by atoms with Gasteiger partial charge in [0.25, 0.3) is 0 Å². The number of hydrogen-bond donors (Lipinski definition) is 6. The van der Waals surface area contributed by atoms with Crippen molar-refractivity contribution >= 4 is 115 Å². The molecule has 0 saturated heterocycles. The van der Waals surface area contributed by atoms with Crippen molar-refractivity contribution in [2.45, 2.75) is 39.2 Å². The van der Waals surface area contributed by atoms with Crippen LogP contribution in [0.4, 0.5) is 0 Å². The first-order chi connectivity index (χ1) is 38.8. The van der Waals surface area contributed by atoms with Crippen LogP contribution in [0.2, 0.25) is 0 Å². The van der Waals surface area contributed by atoms with Crippen LogP contribution in [0.15, 0.2) is 209 Å². The molecule has 13 rings (SSSR count). The molecule has 2 aliphatic rings. The van der Waals surface area contributed by atoms with E-state index in [1.54, 1.807) is 97.1 Å². The fourth-order valence-electron chi connectivity index (χ4n) is 9.17. The number of aromatic nitrogens is 8. The summed E-state index contributed by atoms with van der Waals surface area (Å²) < 4.78 is 0. The highest BCUT2D eigenvalue weighted by Crippen LogP contribution is 2.43. The van der Waals surface area contributed by atoms with Crippen LogP contribution in [-0.4, -0.2) is 84.2 Å². The van der Waals surface area contributed by atoms with Crippen LogP contribution in [-0.2, 0) is 0 Å². The van der Waals surface area contributed by atoms with Crippen molar-refractivity contribution in [1.82, 2.24) is 39.9 Å². The van der Waals surface area contributed by atoms with E-state index >= 15 is 0 Å². The molecule has 386 valence electrons. The summed E-state index contributed by atoms with van der Waals surface area (Å²) in [7, 11) is 0. The number of nitrogens with one attached hydrogen (secondary N) is 2. The van der Waals surface area contributed by atoms with Gasteiger partial charge in [0, 0.05) is 83.0 Å². The van der Waals surface area contributed by atoms with Crippen molar-refractivity contribution in [3.8, 4) is 45.6 Å². The third kappa shape index (κ3) is 9.76. The second-order valence-electron chi connectivity index (χ2n) is 18.2. The molecule has 16 nitrogen and oxygen atoms in total. The lowest BCUT2D eigenvalue weighted by Gasteiger charge is -2.05. The van der Waals surface area contributed by atoms with Crippen LogP contribution >= 0.6 is 47.0 Å². The maximum Gasteiger partial charge on any atom is 0.335 e. The van der Waals surface area contributed by atoms with Gasteiger partial charge in [-0.2, -0.15) is 0 Å². The highest BCUT2D eigenvalue weighted by molar-refractivity contribution is 8.00. The number of fused-ring (bicyclic) bond motifs is 20. The van der Waals surface area contributed by atoms with Crippen molar-refractivity contribution in [2.75, 3.05) is 0 Å². The zero-order chi connectivity index (χ0) is 54.8. The monoisotopic (exact) mass is 1120 g/mol. The average Bonchev–Trinajstić information content (AvgIpc) is 4.31. The minimum Gasteiger partial charge on any atom is -0.478 e. The van der Waals surface area contributed by atoms with Crippen LogP contribution in [0.1, 0.15) is 41.4 Å². The summed E-state index contributed by atoms with van der Waals surface area (Å²) in [5.74, 6) is -2.58. The normalized spacial score (nSPS) is 11.6. The van der Waals surface area contributed by atoms with E-state index in [-0.39, 0.29) is 22.3 Å². The minimum atomic E-state index is -1.01. The summed E-state index contributed by atoms with van der Waals surface area (Å²) in [6.45, 7) is 0. The van der Waals surface area contributed by atoms with Gasteiger partial charge < -0.3 is 30.4 Å². The van der Waals surface area contributed by atoms with Crippen molar-refractivity contribution in [3.63, 3.8) is 0 Å². The Morgan fingerprint density at radius 2 is 0.525 bits per heavy atom. The van der Waals surface area contributed by atoms with E-state index in [0.717, 1.165) is 60.7 Å². The quantitative estimate of drug-likeness (QED) is 0.0664. The summed E-state index contributed by atoms with van der Waals surface area (Å²) in [6.07, 6.45) is 0. The maximum atomic E-state index is 11.7. The van der Waals surface area contributed by atoms with E-state index in [0.29, 0.717) is 68.1 Å². The van der Waals surface area contributed by atoms with Crippen LogP contribution in [0, 0.1) is 0 Å². The molecule has 80 heavy (non-hydrogen) atoms. The fourth-order valence-corrected chi connectivity index (χ4v) is 12.6. The van der Waals surface area contributed by atoms with E-state index < -0.39 is 23.9 Å². The Kier molecular flexibility index (Phi) is 12.7. The van der Waals surface area contributed by atoms with Gasteiger partial charge in [0.1, 0.15) is 22.6 Å². The van der Waals surface area contributed by atoms with Crippen molar-refractivity contribution in [3.05, 3.63) is 192 Å². The number of benzene rings is 8. The number of carboxylic acid groups (broad SMARTS) is 4. The molecule has 0 atom stereocenters. The predicted octanol–water partition coefficient (Wildman–Crippen LogP) is 14.3. The summed E-state index contributed by atoms with van der Waals surface area (Å²) in [5, 5.41) is 41.1. The van der Waals surface area contributed by atoms with Gasteiger partial charge in [-0.05, 0) is 170 Å². The topological polar surface area (TPSA) is 258 Å². The van der Waals surface area contributed by atoms with Gasteiger partial charge in [-0.15, -0.1) is 0 Å². The predicted molar refractivity (Wildman–Crippen MR) is 306 cm³/mol. The molecular weight excluding hydrogens is 1090 g/mol. The lowest BCUT2D eigenvalue weighted by molar-refractivity contribution is 0.0686. The molecule has 11 aromatic rings. The van der Waals surface area contributed by atoms with Gasteiger partial charge in [-0.3, -0.25) is 0 Å². The van der Waals surface area contributed by atoms with Gasteiger partial charge in [0.2, 0.25) is 0 Å².